The average molecular weight is 470 g/mol. The van der Waals surface area contributed by atoms with Gasteiger partial charge in [-0.3, -0.25) is 9.13 Å². The molecule has 7 heteroatoms. The molecule has 3 aromatic rings. The van der Waals surface area contributed by atoms with Crippen molar-refractivity contribution in [2.24, 2.45) is 12.0 Å². The van der Waals surface area contributed by atoms with Crippen LogP contribution in [-0.4, -0.2) is 23.4 Å². The lowest BCUT2D eigenvalue weighted by Gasteiger charge is -2.33. The first kappa shape index (κ1) is 24.6. The van der Waals surface area contributed by atoms with Gasteiger partial charge in [-0.15, -0.1) is 12.4 Å². The van der Waals surface area contributed by atoms with Crippen LogP contribution in [0.2, 0.25) is 0 Å². The lowest BCUT2D eigenvalue weighted by molar-refractivity contribution is 0.352. The van der Waals surface area contributed by atoms with Crippen molar-refractivity contribution < 1.29 is 9.47 Å². The molecule has 1 aliphatic rings. The first-order valence-corrected chi connectivity index (χ1v) is 10.9. The first-order valence-electron chi connectivity index (χ1n) is 10.9. The van der Waals surface area contributed by atoms with Crippen LogP contribution in [0.5, 0.6) is 11.5 Å². The third-order valence-corrected chi connectivity index (χ3v) is 6.68. The zero-order valence-corrected chi connectivity index (χ0v) is 21.3. The summed E-state index contributed by atoms with van der Waals surface area (Å²) < 4.78 is 14.6. The standard InChI is InChI=1S/C26H31N3O3.ClH/c1-14-9-15(2)25(16(3)10-14)27-24-13-21-20-12-23(32-8)22(31-7)11-19(20)17(4)18(5)29(21)26(30)28(24)6;/h9-13,17-18H,1-8H3;1H/t17-,18+;/m0./s1. The van der Waals surface area contributed by atoms with Crippen LogP contribution in [0.1, 0.15) is 48.1 Å². The quantitative estimate of drug-likeness (QED) is 0.534. The molecule has 2 heterocycles. The monoisotopic (exact) mass is 469 g/mol. The molecule has 0 N–H and O–H groups in total. The molecule has 0 unspecified atom stereocenters. The normalized spacial score (nSPS) is 17.2. The summed E-state index contributed by atoms with van der Waals surface area (Å²) >= 11 is 0. The van der Waals surface area contributed by atoms with Crippen molar-refractivity contribution in [1.82, 2.24) is 9.13 Å². The Balaban J connectivity index is 0.00000306. The molecule has 0 aliphatic carbocycles. The number of hydrogen-bond acceptors (Lipinski definition) is 4. The summed E-state index contributed by atoms with van der Waals surface area (Å²) in [6.45, 7) is 10.4. The van der Waals surface area contributed by atoms with Crippen LogP contribution in [0.25, 0.3) is 11.3 Å². The Hall–Kier alpha value is -2.99. The maximum atomic E-state index is 13.5. The Bertz CT molecular complexity index is 1330. The van der Waals surface area contributed by atoms with E-state index in [2.05, 4.69) is 46.8 Å². The van der Waals surface area contributed by atoms with Gasteiger partial charge in [0.25, 0.3) is 0 Å². The molecule has 0 fully saturated rings. The van der Waals surface area contributed by atoms with Crippen LogP contribution < -0.4 is 20.7 Å². The summed E-state index contributed by atoms with van der Waals surface area (Å²) in [5.41, 5.74) is 7.78. The fraction of sp³-hybridized carbons (Fsp3) is 0.385. The van der Waals surface area contributed by atoms with Gasteiger partial charge in [0, 0.05) is 30.6 Å². The van der Waals surface area contributed by atoms with Gasteiger partial charge in [-0.25, -0.2) is 9.79 Å². The summed E-state index contributed by atoms with van der Waals surface area (Å²) in [4.78, 5) is 18.4. The molecule has 1 aromatic heterocycles. The van der Waals surface area contributed by atoms with Crippen molar-refractivity contribution in [3.8, 4) is 22.8 Å². The second-order valence-corrected chi connectivity index (χ2v) is 8.78. The minimum absolute atomic E-state index is 0. The molecule has 0 spiro atoms. The number of ether oxygens (including phenoxy) is 2. The van der Waals surface area contributed by atoms with E-state index in [0.717, 1.165) is 33.6 Å². The molecule has 0 bridgehead atoms. The number of aryl methyl sites for hydroxylation is 3. The summed E-state index contributed by atoms with van der Waals surface area (Å²) in [6, 6.07) is 10.2. The van der Waals surface area contributed by atoms with Gasteiger partial charge in [-0.2, -0.15) is 0 Å². The van der Waals surface area contributed by atoms with Gasteiger partial charge >= 0.3 is 5.69 Å². The van der Waals surface area contributed by atoms with Crippen molar-refractivity contribution >= 4 is 18.1 Å². The number of methoxy groups -OCH3 is 2. The van der Waals surface area contributed by atoms with Crippen LogP contribution in [-0.2, 0) is 7.05 Å². The molecule has 4 rings (SSSR count). The van der Waals surface area contributed by atoms with Gasteiger partial charge in [0.15, 0.2) is 11.5 Å². The summed E-state index contributed by atoms with van der Waals surface area (Å²) in [5.74, 6) is 1.47. The van der Waals surface area contributed by atoms with Gasteiger partial charge in [-0.1, -0.05) is 24.6 Å². The molecule has 6 nitrogen and oxygen atoms in total. The minimum atomic E-state index is -0.0801. The van der Waals surface area contributed by atoms with Gasteiger partial charge in [0.2, 0.25) is 0 Å². The first-order chi connectivity index (χ1) is 15.2. The van der Waals surface area contributed by atoms with Crippen molar-refractivity contribution in [3.63, 3.8) is 0 Å². The highest BCUT2D eigenvalue weighted by Gasteiger charge is 2.31. The largest absolute Gasteiger partial charge is 0.493 e. The lowest BCUT2D eigenvalue weighted by atomic mass is 9.85. The van der Waals surface area contributed by atoms with E-state index < -0.39 is 0 Å². The Kier molecular flexibility index (Phi) is 6.80. The van der Waals surface area contributed by atoms with E-state index in [1.807, 2.05) is 22.8 Å². The smallest absolute Gasteiger partial charge is 0.330 e. The van der Waals surface area contributed by atoms with Crippen molar-refractivity contribution in [3.05, 3.63) is 68.6 Å². The number of aromatic nitrogens is 2. The van der Waals surface area contributed by atoms with E-state index in [1.165, 1.54) is 5.56 Å². The van der Waals surface area contributed by atoms with Crippen LogP contribution in [0.3, 0.4) is 0 Å². The maximum absolute atomic E-state index is 13.5. The van der Waals surface area contributed by atoms with Gasteiger partial charge in [0.1, 0.15) is 5.49 Å². The summed E-state index contributed by atoms with van der Waals surface area (Å²) in [6.07, 6.45) is 0. The van der Waals surface area contributed by atoms with Crippen LogP contribution >= 0.6 is 12.4 Å². The Morgan fingerprint density at radius 1 is 0.909 bits per heavy atom. The molecule has 2 aromatic carbocycles. The Morgan fingerprint density at radius 2 is 1.48 bits per heavy atom. The van der Waals surface area contributed by atoms with E-state index in [9.17, 15) is 4.79 Å². The van der Waals surface area contributed by atoms with E-state index in [4.69, 9.17) is 14.5 Å². The fourth-order valence-electron chi connectivity index (χ4n) is 4.80. The van der Waals surface area contributed by atoms with Crippen molar-refractivity contribution in [2.45, 2.75) is 46.6 Å². The Morgan fingerprint density at radius 3 is 2.06 bits per heavy atom. The van der Waals surface area contributed by atoms with Gasteiger partial charge < -0.3 is 9.47 Å². The average Bonchev–Trinajstić information content (AvgIpc) is 2.76. The lowest BCUT2D eigenvalue weighted by Crippen LogP contribution is -2.42. The number of halogens is 1. The molecule has 0 saturated heterocycles. The molecule has 2 atom stereocenters. The predicted molar refractivity (Wildman–Crippen MR) is 134 cm³/mol. The highest BCUT2D eigenvalue weighted by molar-refractivity contribution is 5.85. The molecule has 1 aliphatic heterocycles. The zero-order valence-electron chi connectivity index (χ0n) is 20.5. The SMILES string of the molecule is COc1cc2c(cc1OC)[C@@H](C)[C@@H](C)n1c-2cc(=Nc2c(C)cc(C)cc2C)n(C)c1=O.Cl. The van der Waals surface area contributed by atoms with E-state index in [1.54, 1.807) is 25.8 Å². The van der Waals surface area contributed by atoms with Crippen LogP contribution in [0.15, 0.2) is 40.1 Å². The third kappa shape index (κ3) is 3.97. The summed E-state index contributed by atoms with van der Waals surface area (Å²) in [7, 11) is 5.05. The fourth-order valence-corrected chi connectivity index (χ4v) is 4.80. The zero-order chi connectivity index (χ0) is 23.3. The van der Waals surface area contributed by atoms with E-state index in [0.29, 0.717) is 17.0 Å². The molecular weight excluding hydrogens is 438 g/mol. The number of nitrogens with zero attached hydrogens (tertiary/aromatic N) is 3. The number of fused-ring (bicyclic) bond motifs is 3. The van der Waals surface area contributed by atoms with Crippen LogP contribution in [0, 0.1) is 20.8 Å². The highest BCUT2D eigenvalue weighted by Crippen LogP contribution is 2.45. The molecule has 0 amide bonds. The van der Waals surface area contributed by atoms with Crippen LogP contribution in [0.4, 0.5) is 5.69 Å². The highest BCUT2D eigenvalue weighted by atomic mass is 35.5. The molecular formula is C26H32ClN3O3. The Labute approximate surface area is 200 Å². The van der Waals surface area contributed by atoms with E-state index >= 15 is 0 Å². The van der Waals surface area contributed by atoms with Crippen molar-refractivity contribution in [1.29, 1.82) is 0 Å². The van der Waals surface area contributed by atoms with Crippen molar-refractivity contribution in [2.75, 3.05) is 14.2 Å². The molecule has 176 valence electrons. The number of hydrogen-bond donors (Lipinski definition) is 0. The predicted octanol–water partition coefficient (Wildman–Crippen LogP) is 5.13. The summed E-state index contributed by atoms with van der Waals surface area (Å²) in [5, 5.41) is 0. The van der Waals surface area contributed by atoms with Gasteiger partial charge in [-0.05, 0) is 56.5 Å². The number of rotatable bonds is 3. The minimum Gasteiger partial charge on any atom is -0.493 e. The van der Waals surface area contributed by atoms with E-state index in [-0.39, 0.29) is 30.1 Å². The second-order valence-electron chi connectivity index (χ2n) is 8.78. The topological polar surface area (TPSA) is 57.8 Å². The molecule has 0 radical (unpaired) electrons. The second kappa shape index (κ2) is 9.10. The number of benzene rings is 2. The maximum Gasteiger partial charge on any atom is 0.330 e. The third-order valence-electron chi connectivity index (χ3n) is 6.68. The molecule has 33 heavy (non-hydrogen) atoms. The van der Waals surface area contributed by atoms with Gasteiger partial charge in [0.05, 0.1) is 25.6 Å². The molecule has 0 saturated carbocycles.